The van der Waals surface area contributed by atoms with Crippen molar-refractivity contribution in [3.05, 3.63) is 0 Å². The number of nitrogens with two attached hydrogens (primary N) is 8. The number of unbranched alkanes of at least 4 members (excludes halogenated alkanes) is 34. The van der Waals surface area contributed by atoms with Gasteiger partial charge < -0.3 is 83.1 Å². The fourth-order valence-corrected chi connectivity index (χ4v) is 14.4. The molecule has 23 N–H and O–H groups in total. The molecule has 8 unspecified atom stereocenters. The number of Topliss-reactive ketones (excluding diaryl/α,β-unsaturated/α-hetero) is 3. The second-order valence-corrected chi connectivity index (χ2v) is 32.2. The monoisotopic (exact) mass is 1600 g/mol. The van der Waals surface area contributed by atoms with Gasteiger partial charge in [-0.1, -0.05) is 174 Å². The van der Waals surface area contributed by atoms with Crippen molar-refractivity contribution in [2.75, 3.05) is 45.8 Å². The number of hydrogen-bond donors (Lipinski definition) is 15. The summed E-state index contributed by atoms with van der Waals surface area (Å²) in [6.45, 7) is 7.52. The lowest BCUT2D eigenvalue weighted by atomic mass is 9.98. The van der Waals surface area contributed by atoms with E-state index in [4.69, 9.17) is 45.9 Å². The molecular weight excluding hydrogens is 1430 g/mol. The van der Waals surface area contributed by atoms with Crippen LogP contribution in [0.2, 0.25) is 0 Å². The highest BCUT2D eigenvalue weighted by molar-refractivity contribution is 5.95. The zero-order valence-electron chi connectivity index (χ0n) is 71.4. The molecule has 8 atom stereocenters. The lowest BCUT2D eigenvalue weighted by molar-refractivity contribution is -0.133. The second-order valence-electron chi connectivity index (χ2n) is 32.2. The van der Waals surface area contributed by atoms with Gasteiger partial charge in [0.05, 0.1) is 18.1 Å². The van der Waals surface area contributed by atoms with Crippen LogP contribution in [0.3, 0.4) is 0 Å². The lowest BCUT2D eigenvalue weighted by Gasteiger charge is -2.24. The minimum atomic E-state index is -0.789. The summed E-state index contributed by atoms with van der Waals surface area (Å²) < 4.78 is 0. The van der Waals surface area contributed by atoms with Gasteiger partial charge in [0.2, 0.25) is 47.3 Å². The zero-order chi connectivity index (χ0) is 83.6. The maximum absolute atomic E-state index is 13.9. The summed E-state index contributed by atoms with van der Waals surface area (Å²) in [5.74, 6) is -2.51. The minimum Gasteiger partial charge on any atom is -0.368 e. The van der Waals surface area contributed by atoms with Gasteiger partial charge in [0.15, 0.2) is 17.3 Å². The molecule has 113 heavy (non-hydrogen) atoms. The van der Waals surface area contributed by atoms with Crippen molar-refractivity contribution in [2.24, 2.45) is 51.8 Å². The maximum atomic E-state index is 13.9. The molecule has 26 nitrogen and oxygen atoms in total. The highest BCUT2D eigenvalue weighted by Crippen LogP contribution is 2.20. The Morgan fingerprint density at radius 3 is 0.664 bits per heavy atom. The average molecular weight is 1600 g/mol. The SMILES string of the molecule is CCCCCCCCCC(C)C(=O)NC(CCCCN)C(=O)NC(CCCCN)C(=O)CCCCCCCCCCC(=O)NC(CCCCN)C(=O)NC(CCCCN)C(=O)CCCCCCCCCCC(=O)NC(CCCCN)C(=O)NC(CCCCN)C(=O)CCCCCCCCCCC(=O)NC(CCCCN)C(N)=O. The molecule has 0 aromatic carbocycles. The molecule has 0 aliphatic carbocycles. The lowest BCUT2D eigenvalue weighted by Crippen LogP contribution is -2.52. The first kappa shape index (κ1) is 107. The second kappa shape index (κ2) is 76.5. The minimum absolute atomic E-state index is 0.00215. The van der Waals surface area contributed by atoms with Crippen molar-refractivity contribution in [2.45, 2.75) is 435 Å². The normalized spacial score (nSPS) is 13.5. The van der Waals surface area contributed by atoms with Crippen LogP contribution in [0.4, 0.5) is 0 Å². The van der Waals surface area contributed by atoms with Crippen LogP contribution in [-0.2, 0) is 52.7 Å². The van der Waals surface area contributed by atoms with E-state index in [1.165, 1.54) is 32.1 Å². The Hall–Kier alpha value is -5.51. The van der Waals surface area contributed by atoms with Crippen LogP contribution in [0.15, 0.2) is 0 Å². The van der Waals surface area contributed by atoms with E-state index < -0.39 is 48.2 Å². The molecule has 0 aromatic rings. The molecule has 0 heterocycles. The Morgan fingerprint density at radius 2 is 0.407 bits per heavy atom. The molecule has 26 heteroatoms. The van der Waals surface area contributed by atoms with Gasteiger partial charge in [0.25, 0.3) is 0 Å². The van der Waals surface area contributed by atoms with Crippen LogP contribution in [0.5, 0.6) is 0 Å². The Labute approximate surface area is 683 Å². The number of hydrogen-bond acceptors (Lipinski definition) is 18. The highest BCUT2D eigenvalue weighted by Gasteiger charge is 2.31. The number of nitrogens with one attached hydrogen (secondary N) is 7. The largest absolute Gasteiger partial charge is 0.368 e. The molecule has 0 aliphatic heterocycles. The topological polar surface area (TPSA) is 480 Å². The number of carbonyl (C=O) groups excluding carboxylic acids is 11. The zero-order valence-corrected chi connectivity index (χ0v) is 71.4. The molecule has 658 valence electrons. The van der Waals surface area contributed by atoms with Crippen molar-refractivity contribution in [3.63, 3.8) is 0 Å². The molecule has 0 fully saturated rings. The van der Waals surface area contributed by atoms with E-state index >= 15 is 0 Å². The number of rotatable bonds is 84. The van der Waals surface area contributed by atoms with Crippen LogP contribution in [-0.4, -0.2) is 153 Å². The summed E-state index contributed by atoms with van der Waals surface area (Å²) in [6, 6.07) is -4.95. The van der Waals surface area contributed by atoms with Crippen LogP contribution in [0.1, 0.15) is 393 Å². The van der Waals surface area contributed by atoms with E-state index in [0.717, 1.165) is 180 Å². The molecule has 0 radical (unpaired) electrons. The predicted molar refractivity (Wildman–Crippen MR) is 458 cm³/mol. The Balaban J connectivity index is 5.05. The molecule has 0 rings (SSSR count). The highest BCUT2D eigenvalue weighted by atomic mass is 16.2. The Morgan fingerprint density at radius 1 is 0.212 bits per heavy atom. The quantitative estimate of drug-likeness (QED) is 0.0252. The summed E-state index contributed by atoms with van der Waals surface area (Å²) in [5.41, 5.74) is 45.9. The standard InChI is InChI=1S/C87H169N15O11/c1-3-4-5-6-13-20-27-48-69(2)84(110)102-76(55-40-47-68-94)87(113)101-72(51-36-43-64-90)79(105)58-30-23-16-9-12-19-26-33-61-82(108)98-75(54-39-46-67-93)86(112)100-71(50-35-42-63-89)78(104)57-29-22-15-8-11-18-25-32-60-81(107)97-74(53-38-45-66-92)85(111)99-70(49-34-41-62-88)77(103)56-28-21-14-7-10-17-24-31-59-80(106)96-73(83(95)109)52-37-44-65-91/h69-76H,3-68,88-94H2,1-2H3,(H2,95,109)(H,96,106)(H,97,107)(H,98,108)(H,99,111)(H,100,112)(H,101,113)(H,102,110). The van der Waals surface area contributed by atoms with Gasteiger partial charge in [-0.15, -0.1) is 0 Å². The molecule has 0 aromatic heterocycles. The van der Waals surface area contributed by atoms with Crippen LogP contribution < -0.4 is 83.1 Å². The fraction of sp³-hybridized carbons (Fsp3) is 0.874. The van der Waals surface area contributed by atoms with Gasteiger partial charge in [-0.3, -0.25) is 52.7 Å². The number of primary amides is 1. The van der Waals surface area contributed by atoms with Crippen molar-refractivity contribution in [1.82, 2.24) is 37.2 Å². The van der Waals surface area contributed by atoms with Crippen molar-refractivity contribution in [3.8, 4) is 0 Å². The number of ketones is 3. The molecule has 8 amide bonds. The van der Waals surface area contributed by atoms with Crippen molar-refractivity contribution in [1.29, 1.82) is 0 Å². The number of amides is 8. The average Bonchev–Trinajstić information content (AvgIpc) is 0.879. The van der Waals surface area contributed by atoms with Crippen LogP contribution >= 0.6 is 0 Å². The molecule has 0 saturated heterocycles. The summed E-state index contributed by atoms with van der Waals surface area (Å²) in [4.78, 5) is 147. The Bertz CT molecular complexity index is 2470. The summed E-state index contributed by atoms with van der Waals surface area (Å²) in [6.07, 6.45) is 45.2. The summed E-state index contributed by atoms with van der Waals surface area (Å²) in [7, 11) is 0. The fourth-order valence-electron chi connectivity index (χ4n) is 14.4. The van der Waals surface area contributed by atoms with Gasteiger partial charge in [-0.25, -0.2) is 0 Å². The van der Waals surface area contributed by atoms with Crippen LogP contribution in [0, 0.1) is 5.92 Å². The van der Waals surface area contributed by atoms with E-state index in [1.807, 2.05) is 6.92 Å². The molecule has 0 spiro atoms. The third-order valence-corrected chi connectivity index (χ3v) is 21.8. The third-order valence-electron chi connectivity index (χ3n) is 21.8. The molecule has 0 aliphatic rings. The van der Waals surface area contributed by atoms with Gasteiger partial charge in [0.1, 0.15) is 24.2 Å². The first-order chi connectivity index (χ1) is 54.8. The third kappa shape index (κ3) is 61.5. The summed E-state index contributed by atoms with van der Waals surface area (Å²) in [5, 5.41) is 20.8. The van der Waals surface area contributed by atoms with Gasteiger partial charge in [0, 0.05) is 44.4 Å². The van der Waals surface area contributed by atoms with Crippen molar-refractivity contribution < 1.29 is 52.7 Å². The number of carbonyl (C=O) groups is 11. The summed E-state index contributed by atoms with van der Waals surface area (Å²) >= 11 is 0. The van der Waals surface area contributed by atoms with E-state index in [1.54, 1.807) is 0 Å². The molecule has 0 bridgehead atoms. The van der Waals surface area contributed by atoms with Gasteiger partial charge in [-0.05, 0) is 226 Å². The van der Waals surface area contributed by atoms with E-state index in [0.29, 0.717) is 200 Å². The molecule has 0 saturated carbocycles. The Kier molecular flexibility index (Phi) is 72.7. The van der Waals surface area contributed by atoms with E-state index in [9.17, 15) is 52.7 Å². The smallest absolute Gasteiger partial charge is 0.243 e. The first-order valence-electron chi connectivity index (χ1n) is 45.6. The van der Waals surface area contributed by atoms with Gasteiger partial charge in [-0.2, -0.15) is 0 Å². The maximum Gasteiger partial charge on any atom is 0.243 e. The van der Waals surface area contributed by atoms with Gasteiger partial charge >= 0.3 is 0 Å². The van der Waals surface area contributed by atoms with Crippen molar-refractivity contribution >= 4 is 64.6 Å². The van der Waals surface area contributed by atoms with E-state index in [-0.39, 0.29) is 77.5 Å². The molecular formula is C87H169N15O11. The predicted octanol–water partition coefficient (Wildman–Crippen LogP) is 11.0. The van der Waals surface area contributed by atoms with E-state index in [2.05, 4.69) is 44.1 Å². The van der Waals surface area contributed by atoms with Crippen LogP contribution in [0.25, 0.3) is 0 Å². The first-order valence-corrected chi connectivity index (χ1v) is 45.6.